The van der Waals surface area contributed by atoms with Crippen LogP contribution in [-0.4, -0.2) is 28.3 Å². The molecular weight excluding hydrogens is 412 g/mol. The van der Waals surface area contributed by atoms with Crippen LogP contribution in [0.1, 0.15) is 24.3 Å². The number of carbonyl (C=O) groups excluding carboxylic acids is 1. The van der Waals surface area contributed by atoms with Crippen LogP contribution in [0.5, 0.6) is 5.75 Å². The van der Waals surface area contributed by atoms with Crippen molar-refractivity contribution in [3.63, 3.8) is 0 Å². The van der Waals surface area contributed by atoms with Crippen molar-refractivity contribution < 1.29 is 9.53 Å². The molecule has 0 atom stereocenters. The number of aryl methyl sites for hydroxylation is 1. The number of hydrazone groups is 1. The average molecular weight is 435 g/mol. The molecule has 0 bridgehead atoms. The van der Waals surface area contributed by atoms with E-state index in [-0.39, 0.29) is 12.1 Å². The Morgan fingerprint density at radius 1 is 1.23 bits per heavy atom. The highest BCUT2D eigenvalue weighted by Crippen LogP contribution is 2.26. The Kier molecular flexibility index (Phi) is 6.08. The second-order valence-corrected chi connectivity index (χ2v) is 8.00. The maximum Gasteiger partial charge on any atom is 0.262 e. The Morgan fingerprint density at radius 3 is 2.87 bits per heavy atom. The lowest BCUT2D eigenvalue weighted by Gasteiger charge is -2.10. The van der Waals surface area contributed by atoms with E-state index in [0.717, 1.165) is 27.6 Å². The summed E-state index contributed by atoms with van der Waals surface area (Å²) in [5.41, 5.74) is 3.05. The van der Waals surface area contributed by atoms with Crippen molar-refractivity contribution in [2.75, 3.05) is 6.61 Å². The van der Waals surface area contributed by atoms with Crippen molar-refractivity contribution in [2.45, 2.75) is 26.8 Å². The molecule has 4 rings (SSSR count). The van der Waals surface area contributed by atoms with Gasteiger partial charge in [0.05, 0.1) is 24.5 Å². The quantitative estimate of drug-likeness (QED) is 0.355. The van der Waals surface area contributed by atoms with Gasteiger partial charge in [-0.15, -0.1) is 11.3 Å². The molecule has 1 N–H and O–H groups in total. The molecule has 0 aliphatic rings. The first-order valence-electron chi connectivity index (χ1n) is 10.0. The van der Waals surface area contributed by atoms with Gasteiger partial charge in [-0.3, -0.25) is 14.2 Å². The van der Waals surface area contributed by atoms with Crippen LogP contribution in [0.25, 0.3) is 21.0 Å². The number of carbonyl (C=O) groups is 1. The van der Waals surface area contributed by atoms with E-state index in [2.05, 4.69) is 15.5 Å². The van der Waals surface area contributed by atoms with Gasteiger partial charge in [0.25, 0.3) is 11.5 Å². The van der Waals surface area contributed by atoms with Gasteiger partial charge in [0, 0.05) is 10.4 Å². The summed E-state index contributed by atoms with van der Waals surface area (Å²) in [6.45, 7) is 4.30. The first-order valence-corrected chi connectivity index (χ1v) is 10.9. The van der Waals surface area contributed by atoms with Crippen LogP contribution >= 0.6 is 11.3 Å². The summed E-state index contributed by atoms with van der Waals surface area (Å²) >= 11 is 1.50. The lowest BCUT2D eigenvalue weighted by Crippen LogP contribution is -2.29. The Morgan fingerprint density at radius 2 is 2.06 bits per heavy atom. The van der Waals surface area contributed by atoms with Gasteiger partial charge in [-0.2, -0.15) is 5.10 Å². The lowest BCUT2D eigenvalue weighted by molar-refractivity contribution is -0.121. The monoisotopic (exact) mass is 434 g/mol. The van der Waals surface area contributed by atoms with Crippen LogP contribution in [0.4, 0.5) is 0 Å². The molecule has 0 saturated carbocycles. The molecular formula is C23H22N4O3S. The molecule has 2 heterocycles. The minimum absolute atomic E-state index is 0.162. The number of hydrogen-bond donors (Lipinski definition) is 1. The van der Waals surface area contributed by atoms with Gasteiger partial charge in [-0.05, 0) is 36.2 Å². The normalized spacial score (nSPS) is 11.4. The van der Waals surface area contributed by atoms with E-state index < -0.39 is 5.91 Å². The minimum atomic E-state index is -0.413. The number of thiophene rings is 1. The number of nitrogens with zero attached hydrogens (tertiary/aromatic N) is 3. The minimum Gasteiger partial charge on any atom is -0.493 e. The van der Waals surface area contributed by atoms with E-state index in [1.807, 2.05) is 56.3 Å². The molecule has 31 heavy (non-hydrogen) atoms. The lowest BCUT2D eigenvalue weighted by atomic mass is 10.0. The Hall–Kier alpha value is -3.52. The number of nitrogens with one attached hydrogen (secondary N) is 1. The first kappa shape index (κ1) is 20.7. The highest BCUT2D eigenvalue weighted by molar-refractivity contribution is 7.18. The molecule has 158 valence electrons. The fraction of sp³-hybridized carbons (Fsp3) is 0.217. The van der Waals surface area contributed by atoms with Crippen molar-refractivity contribution in [3.05, 3.63) is 69.6 Å². The van der Waals surface area contributed by atoms with Gasteiger partial charge in [-0.25, -0.2) is 10.4 Å². The highest BCUT2D eigenvalue weighted by atomic mass is 32.1. The SMILES string of the molecule is CCOc1ccc2ccccc2c1/C=N/NC(=O)Cn1cnc2sc(CC)cc2c1=O. The van der Waals surface area contributed by atoms with E-state index in [1.54, 1.807) is 6.21 Å². The highest BCUT2D eigenvalue weighted by Gasteiger charge is 2.11. The first-order chi connectivity index (χ1) is 15.1. The Balaban J connectivity index is 1.53. The fourth-order valence-corrected chi connectivity index (χ4v) is 4.27. The number of amides is 1. The van der Waals surface area contributed by atoms with Crippen molar-refractivity contribution >= 4 is 44.4 Å². The van der Waals surface area contributed by atoms with Crippen molar-refractivity contribution in [2.24, 2.45) is 5.10 Å². The second kappa shape index (κ2) is 9.09. The summed E-state index contributed by atoms with van der Waals surface area (Å²) in [6.07, 6.45) is 3.82. The molecule has 7 nitrogen and oxygen atoms in total. The van der Waals surface area contributed by atoms with E-state index in [0.29, 0.717) is 22.6 Å². The Bertz CT molecular complexity index is 1340. The fourth-order valence-electron chi connectivity index (χ4n) is 3.35. The van der Waals surface area contributed by atoms with E-state index >= 15 is 0 Å². The molecule has 0 spiro atoms. The van der Waals surface area contributed by atoms with Crippen LogP contribution < -0.4 is 15.7 Å². The zero-order valence-corrected chi connectivity index (χ0v) is 18.1. The van der Waals surface area contributed by atoms with Crippen LogP contribution in [0, 0.1) is 0 Å². The van der Waals surface area contributed by atoms with Crippen LogP contribution in [0.2, 0.25) is 0 Å². The van der Waals surface area contributed by atoms with Crippen LogP contribution in [0.3, 0.4) is 0 Å². The summed E-state index contributed by atoms with van der Waals surface area (Å²) in [7, 11) is 0. The Labute approximate surface area is 183 Å². The van der Waals surface area contributed by atoms with Crippen molar-refractivity contribution in [1.29, 1.82) is 0 Å². The average Bonchev–Trinajstić information content (AvgIpc) is 3.21. The standard InChI is InChI=1S/C23H22N4O3S/c1-3-16-11-18-22(31-16)24-14-27(23(18)29)13-21(28)26-25-12-19-17-8-6-5-7-15(17)9-10-20(19)30-4-2/h5-12,14H,3-4,13H2,1-2H3,(H,26,28)/b25-12+. The van der Waals surface area contributed by atoms with Crippen molar-refractivity contribution in [1.82, 2.24) is 15.0 Å². The molecule has 0 fully saturated rings. The molecule has 8 heteroatoms. The number of rotatable bonds is 7. The smallest absolute Gasteiger partial charge is 0.262 e. The number of benzene rings is 2. The number of ether oxygens (including phenoxy) is 1. The largest absolute Gasteiger partial charge is 0.493 e. The maximum absolute atomic E-state index is 12.6. The van der Waals surface area contributed by atoms with Gasteiger partial charge in [0.15, 0.2) is 0 Å². The topological polar surface area (TPSA) is 85.6 Å². The number of aromatic nitrogens is 2. The van der Waals surface area contributed by atoms with E-state index in [1.165, 1.54) is 22.2 Å². The zero-order valence-electron chi connectivity index (χ0n) is 17.3. The molecule has 0 saturated heterocycles. The number of fused-ring (bicyclic) bond motifs is 2. The van der Waals surface area contributed by atoms with Crippen molar-refractivity contribution in [3.8, 4) is 5.75 Å². The maximum atomic E-state index is 12.6. The van der Waals surface area contributed by atoms with E-state index in [9.17, 15) is 9.59 Å². The third-order valence-electron chi connectivity index (χ3n) is 4.84. The molecule has 2 aromatic carbocycles. The van der Waals surface area contributed by atoms with Gasteiger partial charge >= 0.3 is 0 Å². The predicted molar refractivity (Wildman–Crippen MR) is 124 cm³/mol. The summed E-state index contributed by atoms with van der Waals surface area (Å²) in [4.78, 5) is 31.1. The van der Waals surface area contributed by atoms with Gasteiger partial charge in [0.1, 0.15) is 17.1 Å². The third-order valence-corrected chi connectivity index (χ3v) is 6.03. The van der Waals surface area contributed by atoms with E-state index in [4.69, 9.17) is 4.74 Å². The molecule has 0 radical (unpaired) electrons. The summed E-state index contributed by atoms with van der Waals surface area (Å²) in [6, 6.07) is 13.6. The van der Waals surface area contributed by atoms with Gasteiger partial charge < -0.3 is 4.74 Å². The molecule has 0 unspecified atom stereocenters. The molecule has 1 amide bonds. The summed E-state index contributed by atoms with van der Waals surface area (Å²) in [5, 5.41) is 6.66. The third kappa shape index (κ3) is 4.34. The second-order valence-electron chi connectivity index (χ2n) is 6.89. The van der Waals surface area contributed by atoms with Crippen LogP contribution in [-0.2, 0) is 17.8 Å². The molecule has 0 aliphatic heterocycles. The van der Waals surface area contributed by atoms with Crippen LogP contribution in [0.15, 0.2) is 58.7 Å². The zero-order chi connectivity index (χ0) is 21.8. The predicted octanol–water partition coefficient (Wildman–Crippen LogP) is 3.72. The summed E-state index contributed by atoms with van der Waals surface area (Å²) < 4.78 is 7.00. The van der Waals surface area contributed by atoms with Gasteiger partial charge in [-0.1, -0.05) is 37.3 Å². The molecule has 2 aromatic heterocycles. The number of hydrogen-bond acceptors (Lipinski definition) is 6. The van der Waals surface area contributed by atoms with Gasteiger partial charge in [0.2, 0.25) is 0 Å². The summed E-state index contributed by atoms with van der Waals surface area (Å²) in [5.74, 6) is 0.276. The molecule has 0 aliphatic carbocycles. The molecule has 4 aromatic rings.